The Labute approximate surface area is 187 Å². The number of carbonyl (C=O) groups excluding carboxylic acids is 1. The van der Waals surface area contributed by atoms with Gasteiger partial charge in [-0.25, -0.2) is 4.79 Å². The molecule has 2 aliphatic rings. The van der Waals surface area contributed by atoms with E-state index < -0.39 is 6.09 Å². The lowest BCUT2D eigenvalue weighted by molar-refractivity contribution is 0.0774. The van der Waals surface area contributed by atoms with Crippen molar-refractivity contribution >= 4 is 22.9 Å². The van der Waals surface area contributed by atoms with Crippen molar-refractivity contribution in [2.75, 3.05) is 26.2 Å². The topological polar surface area (TPSA) is 89.5 Å². The number of fused-ring (bicyclic) bond motifs is 2. The Morgan fingerprint density at radius 2 is 1.75 bits per heavy atom. The molecule has 4 heterocycles. The standard InChI is InChI=1S/C25H28N4O3/c1-14(2)22-20-9-17(4-5-21(20)27-23(22)16-6-7-26-15(3)8-16)24(30)28-10-18-12-29(25(31)32)13-19(18)11-28/h4-9,14,18-19,27H,10-13H2,1-3H3,(H,31,32). The third kappa shape index (κ3) is 3.42. The Morgan fingerprint density at radius 3 is 2.38 bits per heavy atom. The maximum atomic E-state index is 13.3. The molecule has 0 spiro atoms. The molecule has 7 heteroatoms. The molecule has 0 aliphatic carbocycles. The van der Waals surface area contributed by atoms with Crippen molar-refractivity contribution in [3.05, 3.63) is 53.3 Å². The van der Waals surface area contributed by atoms with Crippen LogP contribution in [0.15, 0.2) is 36.5 Å². The quantitative estimate of drug-likeness (QED) is 0.644. The van der Waals surface area contributed by atoms with Gasteiger partial charge in [0.2, 0.25) is 0 Å². The fourth-order valence-electron chi connectivity index (χ4n) is 5.37. The van der Waals surface area contributed by atoms with Gasteiger partial charge in [0, 0.05) is 71.9 Å². The first-order chi connectivity index (χ1) is 15.3. The molecular formula is C25H28N4O3. The molecule has 2 saturated heterocycles. The van der Waals surface area contributed by atoms with Crippen LogP contribution in [0.1, 0.15) is 41.4 Å². The lowest BCUT2D eigenvalue weighted by atomic mass is 9.95. The van der Waals surface area contributed by atoms with Crippen molar-refractivity contribution in [1.29, 1.82) is 0 Å². The zero-order valence-corrected chi connectivity index (χ0v) is 18.6. The van der Waals surface area contributed by atoms with E-state index in [0.717, 1.165) is 27.9 Å². The number of amides is 2. The highest BCUT2D eigenvalue weighted by molar-refractivity contribution is 6.00. The van der Waals surface area contributed by atoms with Crippen LogP contribution < -0.4 is 0 Å². The van der Waals surface area contributed by atoms with Gasteiger partial charge in [-0.3, -0.25) is 9.78 Å². The minimum absolute atomic E-state index is 0.0281. The SMILES string of the molecule is Cc1cc(-c2[nH]c3ccc(C(=O)N4CC5CN(C(=O)O)CC5C4)cc3c2C(C)C)ccn1. The summed E-state index contributed by atoms with van der Waals surface area (Å²) in [5, 5.41) is 10.3. The van der Waals surface area contributed by atoms with Crippen molar-refractivity contribution in [3.63, 3.8) is 0 Å². The maximum absolute atomic E-state index is 13.3. The van der Waals surface area contributed by atoms with Crippen molar-refractivity contribution in [2.24, 2.45) is 11.8 Å². The smallest absolute Gasteiger partial charge is 0.407 e. The van der Waals surface area contributed by atoms with Crippen LogP contribution >= 0.6 is 0 Å². The summed E-state index contributed by atoms with van der Waals surface area (Å²) in [5.41, 5.74) is 6.05. The van der Waals surface area contributed by atoms with Gasteiger partial charge in [-0.2, -0.15) is 0 Å². The highest BCUT2D eigenvalue weighted by atomic mass is 16.4. The van der Waals surface area contributed by atoms with Crippen molar-refractivity contribution < 1.29 is 14.7 Å². The van der Waals surface area contributed by atoms with Gasteiger partial charge < -0.3 is 19.9 Å². The number of nitrogens with one attached hydrogen (secondary N) is 1. The predicted octanol–water partition coefficient (Wildman–Crippen LogP) is 4.34. The molecule has 2 amide bonds. The fraction of sp³-hybridized carbons (Fsp3) is 0.400. The molecule has 2 fully saturated rings. The number of likely N-dealkylation sites (tertiary alicyclic amines) is 2. The Balaban J connectivity index is 1.46. The maximum Gasteiger partial charge on any atom is 0.407 e. The lowest BCUT2D eigenvalue weighted by Crippen LogP contribution is -2.35. The Bertz CT molecular complexity index is 1200. The molecule has 7 nitrogen and oxygen atoms in total. The van der Waals surface area contributed by atoms with Gasteiger partial charge >= 0.3 is 6.09 Å². The molecule has 1 aromatic carbocycles. The Morgan fingerprint density at radius 1 is 1.06 bits per heavy atom. The number of aromatic amines is 1. The summed E-state index contributed by atoms with van der Waals surface area (Å²) in [6.07, 6.45) is 0.960. The van der Waals surface area contributed by atoms with Crippen LogP contribution in [0.2, 0.25) is 0 Å². The number of nitrogens with zero attached hydrogens (tertiary/aromatic N) is 3. The van der Waals surface area contributed by atoms with E-state index in [1.54, 1.807) is 0 Å². The van der Waals surface area contributed by atoms with Gasteiger partial charge in [0.05, 0.1) is 5.69 Å². The monoisotopic (exact) mass is 432 g/mol. The van der Waals surface area contributed by atoms with E-state index in [4.69, 9.17) is 0 Å². The molecule has 32 heavy (non-hydrogen) atoms. The second kappa shape index (κ2) is 7.65. The second-order valence-corrected chi connectivity index (χ2v) is 9.43. The third-order valence-corrected chi connectivity index (χ3v) is 6.89. The number of carbonyl (C=O) groups is 2. The highest BCUT2D eigenvalue weighted by Gasteiger charge is 2.43. The second-order valence-electron chi connectivity index (χ2n) is 9.43. The minimum atomic E-state index is -0.864. The first-order valence-corrected chi connectivity index (χ1v) is 11.2. The summed E-state index contributed by atoms with van der Waals surface area (Å²) in [7, 11) is 0. The molecule has 2 unspecified atom stereocenters. The molecule has 0 radical (unpaired) electrons. The minimum Gasteiger partial charge on any atom is -0.465 e. The van der Waals surface area contributed by atoms with Crippen LogP contribution in [0, 0.1) is 18.8 Å². The number of H-pyrrole nitrogens is 1. The van der Waals surface area contributed by atoms with Gasteiger partial charge in [0.1, 0.15) is 0 Å². The number of aromatic nitrogens is 2. The summed E-state index contributed by atoms with van der Waals surface area (Å²) >= 11 is 0. The predicted molar refractivity (Wildman–Crippen MR) is 123 cm³/mol. The zero-order chi connectivity index (χ0) is 22.6. The third-order valence-electron chi connectivity index (χ3n) is 6.89. The molecule has 0 bridgehead atoms. The number of hydrogen-bond acceptors (Lipinski definition) is 3. The first kappa shape index (κ1) is 20.5. The van der Waals surface area contributed by atoms with Crippen LogP contribution in [0.25, 0.3) is 22.2 Å². The molecule has 0 saturated carbocycles. The van der Waals surface area contributed by atoms with E-state index in [9.17, 15) is 14.7 Å². The molecular weight excluding hydrogens is 404 g/mol. The number of carboxylic acid groups (broad SMARTS) is 1. The van der Waals surface area contributed by atoms with Gasteiger partial charge in [-0.1, -0.05) is 13.8 Å². The van der Waals surface area contributed by atoms with Gasteiger partial charge in [-0.05, 0) is 48.7 Å². The van der Waals surface area contributed by atoms with Crippen LogP contribution in [-0.2, 0) is 0 Å². The average molecular weight is 433 g/mol. The molecule has 2 aromatic heterocycles. The number of benzene rings is 1. The molecule has 3 aromatic rings. The van der Waals surface area contributed by atoms with E-state index in [-0.39, 0.29) is 23.7 Å². The van der Waals surface area contributed by atoms with Crippen molar-refractivity contribution in [3.8, 4) is 11.3 Å². The Hall–Kier alpha value is -3.35. The van der Waals surface area contributed by atoms with Crippen LogP contribution in [-0.4, -0.2) is 63.1 Å². The van der Waals surface area contributed by atoms with E-state index >= 15 is 0 Å². The van der Waals surface area contributed by atoms with Crippen molar-refractivity contribution in [2.45, 2.75) is 26.7 Å². The number of hydrogen-bond donors (Lipinski definition) is 2. The summed E-state index contributed by atoms with van der Waals surface area (Å²) < 4.78 is 0. The van der Waals surface area contributed by atoms with E-state index in [1.165, 1.54) is 10.5 Å². The summed E-state index contributed by atoms with van der Waals surface area (Å²) in [6.45, 7) is 8.61. The average Bonchev–Trinajstić information content (AvgIpc) is 3.43. The highest BCUT2D eigenvalue weighted by Crippen LogP contribution is 2.37. The number of aryl methyl sites for hydroxylation is 1. The summed E-state index contributed by atoms with van der Waals surface area (Å²) in [6, 6.07) is 9.99. The number of pyridine rings is 1. The zero-order valence-electron chi connectivity index (χ0n) is 18.6. The largest absolute Gasteiger partial charge is 0.465 e. The normalized spacial score (nSPS) is 20.4. The van der Waals surface area contributed by atoms with Gasteiger partial charge in [-0.15, -0.1) is 0 Å². The van der Waals surface area contributed by atoms with Crippen molar-refractivity contribution in [1.82, 2.24) is 19.8 Å². The molecule has 2 N–H and O–H groups in total. The molecule has 5 rings (SSSR count). The van der Waals surface area contributed by atoms with E-state index in [1.807, 2.05) is 42.3 Å². The Kier molecular flexibility index (Phi) is 4.92. The summed E-state index contributed by atoms with van der Waals surface area (Å²) in [4.78, 5) is 35.8. The number of rotatable bonds is 3. The van der Waals surface area contributed by atoms with Crippen LogP contribution in [0.3, 0.4) is 0 Å². The lowest BCUT2D eigenvalue weighted by Gasteiger charge is -2.20. The summed E-state index contributed by atoms with van der Waals surface area (Å²) in [5.74, 6) is 0.781. The van der Waals surface area contributed by atoms with Crippen LogP contribution in [0.5, 0.6) is 0 Å². The first-order valence-electron chi connectivity index (χ1n) is 11.2. The van der Waals surface area contributed by atoms with Crippen LogP contribution in [0.4, 0.5) is 4.79 Å². The van der Waals surface area contributed by atoms with E-state index in [0.29, 0.717) is 31.7 Å². The molecule has 2 aliphatic heterocycles. The molecule has 166 valence electrons. The van der Waals surface area contributed by atoms with Gasteiger partial charge in [0.25, 0.3) is 5.91 Å². The van der Waals surface area contributed by atoms with Gasteiger partial charge in [0.15, 0.2) is 0 Å². The van der Waals surface area contributed by atoms with E-state index in [2.05, 4.69) is 29.9 Å². The fourth-order valence-corrected chi connectivity index (χ4v) is 5.37. The molecule has 2 atom stereocenters.